The first-order valence-corrected chi connectivity index (χ1v) is 7.96. The zero-order valence-corrected chi connectivity index (χ0v) is 13.4. The second kappa shape index (κ2) is 7.80. The highest BCUT2D eigenvalue weighted by atomic mass is 32.2. The first-order valence-electron chi connectivity index (χ1n) is 7.08. The smallest absolute Gasteiger partial charge is 0.323 e. The van der Waals surface area contributed by atoms with Crippen molar-refractivity contribution in [1.82, 2.24) is 0 Å². The lowest BCUT2D eigenvalue weighted by atomic mass is 10.0. The maximum atomic E-state index is 12.1. The fraction of sp³-hybridized carbons (Fsp3) is 0.222. The third-order valence-corrected chi connectivity index (χ3v) is 4.49. The van der Waals surface area contributed by atoms with Crippen LogP contribution in [-0.2, 0) is 9.53 Å². The van der Waals surface area contributed by atoms with Gasteiger partial charge in [-0.15, -0.1) is 11.8 Å². The van der Waals surface area contributed by atoms with Gasteiger partial charge in [0.1, 0.15) is 5.25 Å². The molecule has 0 aliphatic rings. The van der Waals surface area contributed by atoms with Gasteiger partial charge in [-0.3, -0.25) is 9.59 Å². The van der Waals surface area contributed by atoms with E-state index in [-0.39, 0.29) is 11.8 Å². The summed E-state index contributed by atoms with van der Waals surface area (Å²) in [4.78, 5) is 25.0. The number of carbonyl (C=O) groups excluding carboxylic acids is 2. The SMILES string of the molecule is CCC(=O)c1cccc(C(Sc2ccccc2)C(=O)OC)c1. The Labute approximate surface area is 134 Å². The van der Waals surface area contributed by atoms with Crippen molar-refractivity contribution < 1.29 is 14.3 Å². The van der Waals surface area contributed by atoms with Crippen molar-refractivity contribution in [2.24, 2.45) is 0 Å². The summed E-state index contributed by atoms with van der Waals surface area (Å²) in [6, 6.07) is 16.9. The quantitative estimate of drug-likeness (QED) is 0.453. The second-order valence-electron chi connectivity index (χ2n) is 4.74. The molecule has 0 bridgehead atoms. The Bertz CT molecular complexity index is 652. The number of carbonyl (C=O) groups is 2. The topological polar surface area (TPSA) is 43.4 Å². The molecule has 0 amide bonds. The maximum absolute atomic E-state index is 12.1. The van der Waals surface area contributed by atoms with Gasteiger partial charge >= 0.3 is 5.97 Å². The Morgan fingerprint density at radius 2 is 1.82 bits per heavy atom. The number of Topliss-reactive ketones (excluding diaryl/α,β-unsaturated/α-hetero) is 1. The van der Waals surface area contributed by atoms with E-state index in [4.69, 9.17) is 4.74 Å². The molecule has 2 rings (SSSR count). The number of thioether (sulfide) groups is 1. The molecule has 1 unspecified atom stereocenters. The molecule has 22 heavy (non-hydrogen) atoms. The first-order chi connectivity index (χ1) is 10.7. The molecule has 0 N–H and O–H groups in total. The lowest BCUT2D eigenvalue weighted by molar-refractivity contribution is -0.140. The molecular weight excluding hydrogens is 296 g/mol. The number of hydrogen-bond donors (Lipinski definition) is 0. The van der Waals surface area contributed by atoms with Crippen molar-refractivity contribution in [1.29, 1.82) is 0 Å². The van der Waals surface area contributed by atoms with Crippen molar-refractivity contribution in [3.05, 3.63) is 65.7 Å². The van der Waals surface area contributed by atoms with E-state index in [1.807, 2.05) is 43.3 Å². The zero-order valence-electron chi connectivity index (χ0n) is 12.6. The Balaban J connectivity index is 2.33. The number of hydrogen-bond acceptors (Lipinski definition) is 4. The molecule has 0 saturated carbocycles. The van der Waals surface area contributed by atoms with E-state index in [0.29, 0.717) is 12.0 Å². The van der Waals surface area contributed by atoms with E-state index in [1.54, 1.807) is 18.2 Å². The van der Waals surface area contributed by atoms with Gasteiger partial charge in [-0.1, -0.05) is 43.3 Å². The highest BCUT2D eigenvalue weighted by Gasteiger charge is 2.23. The third kappa shape index (κ3) is 3.98. The van der Waals surface area contributed by atoms with Crippen molar-refractivity contribution in [3.8, 4) is 0 Å². The fourth-order valence-electron chi connectivity index (χ4n) is 2.07. The summed E-state index contributed by atoms with van der Waals surface area (Å²) in [5.41, 5.74) is 1.41. The molecule has 0 aliphatic heterocycles. The van der Waals surface area contributed by atoms with Crippen molar-refractivity contribution in [2.75, 3.05) is 7.11 Å². The summed E-state index contributed by atoms with van der Waals surface area (Å²) < 4.78 is 4.92. The number of benzene rings is 2. The predicted molar refractivity (Wildman–Crippen MR) is 88.1 cm³/mol. The average Bonchev–Trinajstić information content (AvgIpc) is 2.59. The Morgan fingerprint density at radius 3 is 2.45 bits per heavy atom. The molecule has 3 nitrogen and oxygen atoms in total. The summed E-state index contributed by atoms with van der Waals surface area (Å²) >= 11 is 1.42. The number of rotatable bonds is 6. The maximum Gasteiger partial charge on any atom is 0.323 e. The summed E-state index contributed by atoms with van der Waals surface area (Å²) in [7, 11) is 1.38. The van der Waals surface area contributed by atoms with E-state index < -0.39 is 5.25 Å². The van der Waals surface area contributed by atoms with Gasteiger partial charge in [0, 0.05) is 16.9 Å². The molecule has 0 heterocycles. The third-order valence-electron chi connectivity index (χ3n) is 3.24. The largest absolute Gasteiger partial charge is 0.468 e. The van der Waals surface area contributed by atoms with Crippen LogP contribution >= 0.6 is 11.8 Å². The van der Waals surface area contributed by atoms with Crippen LogP contribution < -0.4 is 0 Å². The normalized spacial score (nSPS) is 11.7. The number of methoxy groups -OCH3 is 1. The van der Waals surface area contributed by atoms with Crippen LogP contribution in [0.4, 0.5) is 0 Å². The van der Waals surface area contributed by atoms with Crippen LogP contribution in [0.15, 0.2) is 59.5 Å². The highest BCUT2D eigenvalue weighted by Crippen LogP contribution is 2.36. The molecular formula is C18H18O3S. The van der Waals surface area contributed by atoms with E-state index >= 15 is 0 Å². The van der Waals surface area contributed by atoms with Crippen LogP contribution in [0.25, 0.3) is 0 Å². The molecule has 0 radical (unpaired) electrons. The Kier molecular flexibility index (Phi) is 5.78. The lowest BCUT2D eigenvalue weighted by Crippen LogP contribution is -2.12. The molecule has 0 fully saturated rings. The van der Waals surface area contributed by atoms with Crippen LogP contribution in [0.2, 0.25) is 0 Å². The van der Waals surface area contributed by atoms with Crippen molar-refractivity contribution in [2.45, 2.75) is 23.5 Å². The van der Waals surface area contributed by atoms with Gasteiger partial charge in [-0.05, 0) is 23.8 Å². The minimum absolute atomic E-state index is 0.0650. The second-order valence-corrected chi connectivity index (χ2v) is 5.91. The summed E-state index contributed by atoms with van der Waals surface area (Å²) in [5.74, 6) is -0.259. The van der Waals surface area contributed by atoms with Crippen molar-refractivity contribution >= 4 is 23.5 Å². The van der Waals surface area contributed by atoms with Crippen LogP contribution in [0.1, 0.15) is 34.5 Å². The average molecular weight is 314 g/mol. The standard InChI is InChI=1S/C18H18O3S/c1-3-16(19)13-8-7-9-14(12-13)17(18(20)21-2)22-15-10-5-4-6-11-15/h4-12,17H,3H2,1-2H3. The highest BCUT2D eigenvalue weighted by molar-refractivity contribution is 8.00. The van der Waals surface area contributed by atoms with E-state index in [9.17, 15) is 9.59 Å². The number of esters is 1. The van der Waals surface area contributed by atoms with Crippen LogP contribution in [0.5, 0.6) is 0 Å². The minimum Gasteiger partial charge on any atom is -0.468 e. The summed E-state index contributed by atoms with van der Waals surface area (Å²) in [6.45, 7) is 1.82. The van der Waals surface area contributed by atoms with Crippen LogP contribution in [0.3, 0.4) is 0 Å². The van der Waals surface area contributed by atoms with Gasteiger partial charge in [0.2, 0.25) is 0 Å². The summed E-state index contributed by atoms with van der Waals surface area (Å²) in [6.07, 6.45) is 0.443. The first kappa shape index (κ1) is 16.3. The molecule has 0 spiro atoms. The monoisotopic (exact) mass is 314 g/mol. The van der Waals surface area contributed by atoms with Gasteiger partial charge in [0.15, 0.2) is 5.78 Å². The Morgan fingerprint density at radius 1 is 1.09 bits per heavy atom. The van der Waals surface area contributed by atoms with E-state index in [2.05, 4.69) is 0 Å². The van der Waals surface area contributed by atoms with Crippen molar-refractivity contribution in [3.63, 3.8) is 0 Å². The fourth-order valence-corrected chi connectivity index (χ4v) is 3.14. The zero-order chi connectivity index (χ0) is 15.9. The molecule has 0 aromatic heterocycles. The van der Waals surface area contributed by atoms with E-state index in [0.717, 1.165) is 10.5 Å². The minimum atomic E-state index is -0.489. The summed E-state index contributed by atoms with van der Waals surface area (Å²) in [5, 5.41) is -0.489. The van der Waals surface area contributed by atoms with Gasteiger partial charge in [-0.2, -0.15) is 0 Å². The van der Waals surface area contributed by atoms with Gasteiger partial charge in [-0.25, -0.2) is 0 Å². The molecule has 4 heteroatoms. The van der Waals surface area contributed by atoms with Gasteiger partial charge in [0.25, 0.3) is 0 Å². The molecule has 2 aromatic rings. The van der Waals surface area contributed by atoms with Gasteiger partial charge in [0.05, 0.1) is 7.11 Å². The molecule has 0 aliphatic carbocycles. The van der Waals surface area contributed by atoms with E-state index in [1.165, 1.54) is 18.9 Å². The predicted octanol–water partition coefficient (Wildman–Crippen LogP) is 4.29. The molecule has 114 valence electrons. The number of ketones is 1. The molecule has 1 atom stereocenters. The number of ether oxygens (including phenoxy) is 1. The Hall–Kier alpha value is -2.07. The van der Waals surface area contributed by atoms with Gasteiger partial charge < -0.3 is 4.74 Å². The van der Waals surface area contributed by atoms with Crippen LogP contribution in [-0.4, -0.2) is 18.9 Å². The molecule has 2 aromatic carbocycles. The molecule has 0 saturated heterocycles. The van der Waals surface area contributed by atoms with Crippen LogP contribution in [0, 0.1) is 0 Å². The lowest BCUT2D eigenvalue weighted by Gasteiger charge is -2.15.